The van der Waals surface area contributed by atoms with Gasteiger partial charge in [-0.3, -0.25) is 0 Å². The number of benzene rings is 1. The van der Waals surface area contributed by atoms with E-state index in [1.807, 2.05) is 30.5 Å². The predicted molar refractivity (Wildman–Crippen MR) is 79.8 cm³/mol. The first-order valence-electron chi connectivity index (χ1n) is 5.91. The second kappa shape index (κ2) is 6.24. The van der Waals surface area contributed by atoms with Gasteiger partial charge in [0.05, 0.1) is 0 Å². The number of hydrogen-bond acceptors (Lipinski definition) is 4. The van der Waals surface area contributed by atoms with Crippen LogP contribution in [0.2, 0.25) is 5.02 Å². The quantitative estimate of drug-likeness (QED) is 0.692. The minimum Gasteiger partial charge on any atom is -0.475 e. The third-order valence-electron chi connectivity index (χ3n) is 2.89. The predicted octanol–water partition coefficient (Wildman–Crippen LogP) is 3.45. The van der Waals surface area contributed by atoms with Crippen LogP contribution in [-0.2, 0) is 6.42 Å². The zero-order chi connectivity index (χ0) is 14.7. The molecule has 1 aromatic heterocycles. The Morgan fingerprint density at radius 1 is 1.35 bits per heavy atom. The third kappa shape index (κ3) is 3.11. The number of carbonyl (C=O) groups is 1. The highest BCUT2D eigenvalue weighted by Gasteiger charge is 2.16. The molecule has 0 radical (unpaired) electrons. The highest BCUT2D eigenvalue weighted by atomic mass is 35.5. The fraction of sp³-hybridized carbons (Fsp3) is 0.214. The first-order chi connectivity index (χ1) is 9.52. The average molecular weight is 309 g/mol. The number of carboxylic acids is 1. The molecular weight excluding hydrogens is 296 g/mol. The fourth-order valence-corrected chi connectivity index (χ4v) is 2.72. The summed E-state index contributed by atoms with van der Waals surface area (Å²) in [5.74, 6) is -1.29. The molecule has 0 atom stereocenters. The molecule has 0 bridgehead atoms. The summed E-state index contributed by atoms with van der Waals surface area (Å²) in [6.07, 6.45) is 2.45. The molecular formula is C14H13ClN2O2S. The van der Waals surface area contributed by atoms with Crippen LogP contribution in [0.5, 0.6) is 0 Å². The summed E-state index contributed by atoms with van der Waals surface area (Å²) < 4.78 is 0. The summed E-state index contributed by atoms with van der Waals surface area (Å²) >= 11 is 7.57. The van der Waals surface area contributed by atoms with Crippen LogP contribution in [0, 0.1) is 6.92 Å². The van der Waals surface area contributed by atoms with Crippen LogP contribution in [0.4, 0.5) is 0 Å². The van der Waals surface area contributed by atoms with Crippen LogP contribution in [0.25, 0.3) is 0 Å². The molecule has 1 N–H and O–H groups in total. The molecule has 1 heterocycles. The standard InChI is InChI=1S/C14H13ClN2O2S/c1-8-10(7-9-5-3-4-6-11(9)15)13(20-2)17-12(16-8)14(18)19/h3-6H,7H2,1-2H3,(H,18,19). The van der Waals surface area contributed by atoms with E-state index in [0.717, 1.165) is 11.1 Å². The van der Waals surface area contributed by atoms with E-state index in [1.54, 1.807) is 6.92 Å². The normalized spacial score (nSPS) is 10.6. The van der Waals surface area contributed by atoms with E-state index in [9.17, 15) is 4.79 Å². The lowest BCUT2D eigenvalue weighted by Crippen LogP contribution is -2.10. The van der Waals surface area contributed by atoms with Gasteiger partial charge in [-0.15, -0.1) is 11.8 Å². The smallest absolute Gasteiger partial charge is 0.373 e. The van der Waals surface area contributed by atoms with E-state index in [-0.39, 0.29) is 5.82 Å². The topological polar surface area (TPSA) is 63.1 Å². The Bertz CT molecular complexity index is 662. The van der Waals surface area contributed by atoms with Gasteiger partial charge in [0.25, 0.3) is 0 Å². The number of nitrogens with zero attached hydrogens (tertiary/aromatic N) is 2. The van der Waals surface area contributed by atoms with E-state index in [0.29, 0.717) is 22.2 Å². The number of hydrogen-bond donors (Lipinski definition) is 1. The van der Waals surface area contributed by atoms with Crippen molar-refractivity contribution < 1.29 is 9.90 Å². The Balaban J connectivity index is 2.46. The molecule has 0 saturated heterocycles. The highest BCUT2D eigenvalue weighted by Crippen LogP contribution is 2.26. The van der Waals surface area contributed by atoms with Crippen LogP contribution in [0.3, 0.4) is 0 Å². The summed E-state index contributed by atoms with van der Waals surface area (Å²) in [7, 11) is 0. The number of halogens is 1. The van der Waals surface area contributed by atoms with Gasteiger partial charge in [-0.2, -0.15) is 0 Å². The molecule has 2 aromatic rings. The van der Waals surface area contributed by atoms with Gasteiger partial charge >= 0.3 is 5.97 Å². The Kier molecular flexibility index (Phi) is 4.62. The van der Waals surface area contributed by atoms with Gasteiger partial charge < -0.3 is 5.11 Å². The Morgan fingerprint density at radius 3 is 2.65 bits per heavy atom. The summed E-state index contributed by atoms with van der Waals surface area (Å²) in [5.41, 5.74) is 2.55. The summed E-state index contributed by atoms with van der Waals surface area (Å²) in [4.78, 5) is 19.1. The summed E-state index contributed by atoms with van der Waals surface area (Å²) in [6, 6.07) is 7.56. The molecule has 0 amide bonds. The largest absolute Gasteiger partial charge is 0.475 e. The van der Waals surface area contributed by atoms with Gasteiger partial charge in [0.1, 0.15) is 5.03 Å². The lowest BCUT2D eigenvalue weighted by molar-refractivity contribution is 0.0682. The van der Waals surface area contributed by atoms with Crippen molar-refractivity contribution in [2.45, 2.75) is 18.4 Å². The van der Waals surface area contributed by atoms with E-state index in [1.165, 1.54) is 11.8 Å². The molecule has 0 unspecified atom stereocenters. The molecule has 0 aliphatic heterocycles. The molecule has 4 nitrogen and oxygen atoms in total. The van der Waals surface area contributed by atoms with Crippen molar-refractivity contribution in [1.29, 1.82) is 0 Å². The van der Waals surface area contributed by atoms with Gasteiger partial charge in [-0.05, 0) is 24.8 Å². The monoisotopic (exact) mass is 308 g/mol. The molecule has 0 spiro atoms. The van der Waals surface area contributed by atoms with Gasteiger partial charge in [0.2, 0.25) is 5.82 Å². The van der Waals surface area contributed by atoms with Crippen molar-refractivity contribution in [3.8, 4) is 0 Å². The molecule has 0 saturated carbocycles. The van der Waals surface area contributed by atoms with Crippen molar-refractivity contribution in [2.75, 3.05) is 6.26 Å². The maximum absolute atomic E-state index is 11.0. The van der Waals surface area contributed by atoms with Crippen molar-refractivity contribution >= 4 is 29.3 Å². The molecule has 2 rings (SSSR count). The first-order valence-corrected chi connectivity index (χ1v) is 7.51. The van der Waals surface area contributed by atoms with Crippen molar-refractivity contribution in [3.05, 3.63) is 51.9 Å². The zero-order valence-corrected chi connectivity index (χ0v) is 12.6. The van der Waals surface area contributed by atoms with Crippen LogP contribution in [-0.4, -0.2) is 27.3 Å². The lowest BCUT2D eigenvalue weighted by atomic mass is 10.1. The fourth-order valence-electron chi connectivity index (χ4n) is 1.87. The van der Waals surface area contributed by atoms with E-state index in [4.69, 9.17) is 16.7 Å². The minimum absolute atomic E-state index is 0.172. The Hall–Kier alpha value is -1.59. The molecule has 0 aliphatic rings. The zero-order valence-electron chi connectivity index (χ0n) is 11.1. The molecule has 0 fully saturated rings. The number of aromatic carboxylic acids is 1. The molecule has 104 valence electrons. The van der Waals surface area contributed by atoms with Crippen molar-refractivity contribution in [3.63, 3.8) is 0 Å². The number of aromatic nitrogens is 2. The first kappa shape index (κ1) is 14.8. The van der Waals surface area contributed by atoms with Crippen LogP contribution in [0.15, 0.2) is 29.3 Å². The van der Waals surface area contributed by atoms with Gasteiger partial charge in [0.15, 0.2) is 0 Å². The van der Waals surface area contributed by atoms with Gasteiger partial charge in [-0.25, -0.2) is 14.8 Å². The van der Waals surface area contributed by atoms with Crippen LogP contribution in [0.1, 0.15) is 27.4 Å². The average Bonchev–Trinajstić information content (AvgIpc) is 2.42. The molecule has 1 aromatic carbocycles. The van der Waals surface area contributed by atoms with E-state index in [2.05, 4.69) is 9.97 Å². The Labute approximate surface area is 126 Å². The number of thioether (sulfide) groups is 1. The lowest BCUT2D eigenvalue weighted by Gasteiger charge is -2.11. The van der Waals surface area contributed by atoms with E-state index >= 15 is 0 Å². The van der Waals surface area contributed by atoms with Crippen molar-refractivity contribution in [1.82, 2.24) is 9.97 Å². The van der Waals surface area contributed by atoms with Gasteiger partial charge in [0, 0.05) is 22.7 Å². The van der Waals surface area contributed by atoms with Crippen LogP contribution < -0.4 is 0 Å². The highest BCUT2D eigenvalue weighted by molar-refractivity contribution is 7.98. The third-order valence-corrected chi connectivity index (χ3v) is 3.98. The number of aryl methyl sites for hydroxylation is 1. The summed E-state index contributed by atoms with van der Waals surface area (Å²) in [5, 5.41) is 10.4. The number of carboxylic acid groups (broad SMARTS) is 1. The molecule has 20 heavy (non-hydrogen) atoms. The van der Waals surface area contributed by atoms with Crippen LogP contribution >= 0.6 is 23.4 Å². The number of rotatable bonds is 4. The Morgan fingerprint density at radius 2 is 2.05 bits per heavy atom. The molecule has 6 heteroatoms. The minimum atomic E-state index is -1.12. The second-order valence-corrected chi connectivity index (χ2v) is 5.40. The van der Waals surface area contributed by atoms with E-state index < -0.39 is 5.97 Å². The maximum Gasteiger partial charge on any atom is 0.373 e. The van der Waals surface area contributed by atoms with Crippen molar-refractivity contribution in [2.24, 2.45) is 0 Å². The molecule has 0 aliphatic carbocycles. The SMILES string of the molecule is CSc1nc(C(=O)O)nc(C)c1Cc1ccccc1Cl. The maximum atomic E-state index is 11.0. The summed E-state index contributed by atoms with van der Waals surface area (Å²) in [6.45, 7) is 1.79. The van der Waals surface area contributed by atoms with Gasteiger partial charge in [-0.1, -0.05) is 29.8 Å². The second-order valence-electron chi connectivity index (χ2n) is 4.19.